The summed E-state index contributed by atoms with van der Waals surface area (Å²) in [4.78, 5) is 21.0. The van der Waals surface area contributed by atoms with Crippen molar-refractivity contribution < 1.29 is 0 Å². The molecule has 0 fully saturated rings. The van der Waals surface area contributed by atoms with Gasteiger partial charge in [0.05, 0.1) is 23.1 Å². The molecule has 0 N–H and O–H groups in total. The molecular weight excluding hydrogens is 276 g/mol. The molecular formula is C14H13ClN4O. The van der Waals surface area contributed by atoms with Crippen LogP contribution in [0.2, 0.25) is 0 Å². The first-order valence-corrected chi connectivity index (χ1v) is 6.83. The van der Waals surface area contributed by atoms with Crippen LogP contribution < -0.4 is 5.56 Å². The Morgan fingerprint density at radius 3 is 2.80 bits per heavy atom. The lowest BCUT2D eigenvalue weighted by atomic mass is 10.2. The van der Waals surface area contributed by atoms with Gasteiger partial charge in [-0.25, -0.2) is 9.97 Å². The van der Waals surface area contributed by atoms with Crippen LogP contribution in [0, 0.1) is 0 Å². The zero-order chi connectivity index (χ0) is 13.9. The number of hydrogen-bond donors (Lipinski definition) is 0. The average Bonchev–Trinajstić information content (AvgIpc) is 2.99. The fourth-order valence-corrected chi connectivity index (χ4v) is 2.39. The molecule has 0 atom stereocenters. The van der Waals surface area contributed by atoms with Gasteiger partial charge in [-0.2, -0.15) is 0 Å². The third kappa shape index (κ3) is 2.32. The lowest BCUT2D eigenvalue weighted by Gasteiger charge is -2.12. The second kappa shape index (κ2) is 5.46. The molecule has 20 heavy (non-hydrogen) atoms. The molecule has 6 heteroatoms. The van der Waals surface area contributed by atoms with Crippen LogP contribution in [0.25, 0.3) is 10.9 Å². The predicted octanol–water partition coefficient (Wildman–Crippen LogP) is 2.03. The van der Waals surface area contributed by atoms with Gasteiger partial charge in [-0.15, -0.1) is 11.6 Å². The molecule has 0 saturated heterocycles. The van der Waals surface area contributed by atoms with Crippen molar-refractivity contribution >= 4 is 22.5 Å². The molecule has 102 valence electrons. The van der Waals surface area contributed by atoms with Gasteiger partial charge in [0.1, 0.15) is 5.82 Å². The third-order valence-electron chi connectivity index (χ3n) is 3.20. The summed E-state index contributed by atoms with van der Waals surface area (Å²) in [5.74, 6) is 0.805. The van der Waals surface area contributed by atoms with Crippen molar-refractivity contribution in [1.82, 2.24) is 19.1 Å². The van der Waals surface area contributed by atoms with E-state index in [1.807, 2.05) is 29.0 Å². The highest BCUT2D eigenvalue weighted by molar-refractivity contribution is 6.16. The summed E-state index contributed by atoms with van der Waals surface area (Å²) in [6.07, 6.45) is 5.30. The average molecular weight is 289 g/mol. The largest absolute Gasteiger partial charge is 0.336 e. The molecule has 1 aromatic carbocycles. The van der Waals surface area contributed by atoms with Crippen molar-refractivity contribution in [3.63, 3.8) is 0 Å². The number of hydrogen-bond acceptors (Lipinski definition) is 3. The second-order valence-corrected chi connectivity index (χ2v) is 4.70. The Hall–Kier alpha value is -2.14. The molecule has 0 spiro atoms. The Kier molecular flexibility index (Phi) is 3.52. The van der Waals surface area contributed by atoms with Crippen molar-refractivity contribution in [2.45, 2.75) is 19.0 Å². The van der Waals surface area contributed by atoms with E-state index in [-0.39, 0.29) is 11.4 Å². The van der Waals surface area contributed by atoms with Gasteiger partial charge in [0.15, 0.2) is 0 Å². The zero-order valence-electron chi connectivity index (χ0n) is 10.7. The van der Waals surface area contributed by atoms with E-state index in [1.54, 1.807) is 23.2 Å². The second-order valence-electron chi connectivity index (χ2n) is 4.44. The maximum atomic E-state index is 12.5. The standard InChI is InChI=1S/C14H13ClN4O/c15-9-13-17-12-4-2-1-3-11(12)14(20)19(13)8-7-18-6-5-16-10-18/h1-6,10H,7-9H2. The Labute approximate surface area is 120 Å². The van der Waals surface area contributed by atoms with Crippen LogP contribution in [0.5, 0.6) is 0 Å². The molecule has 0 aliphatic rings. The summed E-state index contributed by atoms with van der Waals surface area (Å²) in [6.45, 7) is 1.18. The highest BCUT2D eigenvalue weighted by Crippen LogP contribution is 2.09. The maximum Gasteiger partial charge on any atom is 0.261 e. The van der Waals surface area contributed by atoms with E-state index in [4.69, 9.17) is 11.6 Å². The number of benzene rings is 1. The minimum absolute atomic E-state index is 0.0497. The van der Waals surface area contributed by atoms with Crippen molar-refractivity contribution in [3.8, 4) is 0 Å². The van der Waals surface area contributed by atoms with Crippen LogP contribution in [-0.4, -0.2) is 19.1 Å². The van der Waals surface area contributed by atoms with Crippen LogP contribution in [0.4, 0.5) is 0 Å². The van der Waals surface area contributed by atoms with Crippen molar-refractivity contribution in [2.24, 2.45) is 0 Å². The molecule has 3 rings (SSSR count). The zero-order valence-corrected chi connectivity index (χ0v) is 11.5. The van der Waals surface area contributed by atoms with Crippen LogP contribution in [0.15, 0.2) is 47.8 Å². The summed E-state index contributed by atoms with van der Waals surface area (Å²) < 4.78 is 3.55. The van der Waals surface area contributed by atoms with E-state index >= 15 is 0 Å². The first-order valence-electron chi connectivity index (χ1n) is 6.30. The molecule has 2 heterocycles. The number of aryl methyl sites for hydroxylation is 1. The maximum absolute atomic E-state index is 12.5. The molecule has 0 aliphatic carbocycles. The number of imidazole rings is 1. The smallest absolute Gasteiger partial charge is 0.261 e. The van der Waals surface area contributed by atoms with Crippen molar-refractivity contribution in [3.05, 3.63) is 59.2 Å². The lowest BCUT2D eigenvalue weighted by molar-refractivity contribution is 0.547. The SMILES string of the molecule is O=c1c2ccccc2nc(CCl)n1CCn1ccnc1. The fourth-order valence-electron chi connectivity index (χ4n) is 2.18. The fraction of sp³-hybridized carbons (Fsp3) is 0.214. The van der Waals surface area contributed by atoms with Crippen molar-refractivity contribution in [1.29, 1.82) is 0 Å². The molecule has 0 amide bonds. The lowest BCUT2D eigenvalue weighted by Crippen LogP contribution is -2.26. The van der Waals surface area contributed by atoms with Gasteiger partial charge < -0.3 is 4.57 Å². The van der Waals surface area contributed by atoms with Crippen LogP contribution >= 0.6 is 11.6 Å². The number of rotatable bonds is 4. The van der Waals surface area contributed by atoms with Crippen LogP contribution in [-0.2, 0) is 19.0 Å². The third-order valence-corrected chi connectivity index (χ3v) is 3.44. The normalized spacial score (nSPS) is 11.1. The first-order chi connectivity index (χ1) is 9.79. The van der Waals surface area contributed by atoms with Gasteiger partial charge in [-0.05, 0) is 12.1 Å². The minimum atomic E-state index is -0.0497. The van der Waals surface area contributed by atoms with Gasteiger partial charge in [0.25, 0.3) is 5.56 Å². The molecule has 0 radical (unpaired) electrons. The Balaban J connectivity index is 2.04. The summed E-state index contributed by atoms with van der Waals surface area (Å²) >= 11 is 5.92. The number of aromatic nitrogens is 4. The quantitative estimate of drug-likeness (QED) is 0.690. The monoisotopic (exact) mass is 288 g/mol. The predicted molar refractivity (Wildman–Crippen MR) is 77.8 cm³/mol. The highest BCUT2D eigenvalue weighted by atomic mass is 35.5. The summed E-state index contributed by atoms with van der Waals surface area (Å²) in [5, 5.41) is 0.618. The van der Waals surface area contributed by atoms with E-state index in [0.29, 0.717) is 29.8 Å². The number of halogens is 1. The topological polar surface area (TPSA) is 52.7 Å². The molecule has 3 aromatic rings. The van der Waals surface area contributed by atoms with Gasteiger partial charge >= 0.3 is 0 Å². The van der Waals surface area contributed by atoms with E-state index in [0.717, 1.165) is 0 Å². The number of alkyl halides is 1. The van der Waals surface area contributed by atoms with Gasteiger partial charge in [0.2, 0.25) is 0 Å². The number of para-hydroxylation sites is 1. The van der Waals surface area contributed by atoms with E-state index < -0.39 is 0 Å². The first kappa shape index (κ1) is 12.9. The van der Waals surface area contributed by atoms with E-state index in [9.17, 15) is 4.79 Å². The summed E-state index contributed by atoms with van der Waals surface area (Å²) in [7, 11) is 0. The molecule has 0 bridgehead atoms. The Bertz CT molecular complexity index is 779. The summed E-state index contributed by atoms with van der Waals surface area (Å²) in [5.41, 5.74) is 0.637. The van der Waals surface area contributed by atoms with Gasteiger partial charge in [0, 0.05) is 25.5 Å². The number of fused-ring (bicyclic) bond motifs is 1. The Morgan fingerprint density at radius 1 is 1.20 bits per heavy atom. The van der Waals surface area contributed by atoms with Crippen LogP contribution in [0.1, 0.15) is 5.82 Å². The highest BCUT2D eigenvalue weighted by Gasteiger charge is 2.09. The molecule has 0 saturated carbocycles. The van der Waals surface area contributed by atoms with E-state index in [2.05, 4.69) is 9.97 Å². The molecule has 0 unspecified atom stereocenters. The summed E-state index contributed by atoms with van der Waals surface area (Å²) in [6, 6.07) is 7.32. The van der Waals surface area contributed by atoms with Gasteiger partial charge in [-0.3, -0.25) is 9.36 Å². The van der Waals surface area contributed by atoms with E-state index in [1.165, 1.54) is 0 Å². The molecule has 5 nitrogen and oxygen atoms in total. The van der Waals surface area contributed by atoms with Gasteiger partial charge in [-0.1, -0.05) is 12.1 Å². The molecule has 2 aromatic heterocycles. The number of nitrogens with zero attached hydrogens (tertiary/aromatic N) is 4. The van der Waals surface area contributed by atoms with Crippen LogP contribution in [0.3, 0.4) is 0 Å². The van der Waals surface area contributed by atoms with Crippen molar-refractivity contribution in [2.75, 3.05) is 0 Å². The Morgan fingerprint density at radius 2 is 2.05 bits per heavy atom. The minimum Gasteiger partial charge on any atom is -0.336 e. The molecule has 0 aliphatic heterocycles.